The third kappa shape index (κ3) is 2.04. The van der Waals surface area contributed by atoms with Crippen molar-refractivity contribution in [1.82, 2.24) is 14.8 Å². The molecule has 2 aromatic rings. The van der Waals surface area contributed by atoms with Crippen LogP contribution in [0.2, 0.25) is 0 Å². The molecule has 0 N–H and O–H groups in total. The van der Waals surface area contributed by atoms with Crippen molar-refractivity contribution in [2.45, 2.75) is 43.9 Å². The number of hydrogen-bond donors (Lipinski definition) is 0. The molecule has 2 fully saturated rings. The van der Waals surface area contributed by atoms with Crippen molar-refractivity contribution in [3.8, 4) is 5.75 Å². The van der Waals surface area contributed by atoms with E-state index in [9.17, 15) is 0 Å². The fourth-order valence-electron chi connectivity index (χ4n) is 4.06. The lowest BCUT2D eigenvalue weighted by atomic mass is 9.58. The average Bonchev–Trinajstić information content (AvgIpc) is 3.26. The molecule has 4 heteroatoms. The van der Waals surface area contributed by atoms with Gasteiger partial charge in [-0.05, 0) is 60.8 Å². The molecule has 0 atom stereocenters. The van der Waals surface area contributed by atoms with Crippen molar-refractivity contribution < 1.29 is 4.74 Å². The van der Waals surface area contributed by atoms with Gasteiger partial charge >= 0.3 is 0 Å². The van der Waals surface area contributed by atoms with Crippen LogP contribution in [0, 0.1) is 5.92 Å². The first-order valence-corrected chi connectivity index (χ1v) is 8.16. The fourth-order valence-corrected chi connectivity index (χ4v) is 4.06. The Kier molecular flexibility index (Phi) is 3.03. The lowest BCUT2D eigenvalue weighted by Gasteiger charge is -2.46. The Balaban J connectivity index is 1.83. The fraction of sp³-hybridized carbons (Fsp3) is 0.556. The molecule has 22 heavy (non-hydrogen) atoms. The van der Waals surface area contributed by atoms with Crippen LogP contribution in [0.15, 0.2) is 24.5 Å². The second kappa shape index (κ2) is 4.83. The number of aromatic nitrogens is 3. The standard InChI is InChI=1S/C18H23N3O/c1-12-9-18(10-12,17-20-19-11-21(17)2)15-6-14(13-4-5-13)7-16(8-15)22-3/h6-8,11-13H,4-5,9-10H2,1-3H3. The number of benzene rings is 1. The first-order chi connectivity index (χ1) is 10.6. The smallest absolute Gasteiger partial charge is 0.143 e. The largest absolute Gasteiger partial charge is 0.497 e. The van der Waals surface area contributed by atoms with Crippen molar-refractivity contribution in [3.63, 3.8) is 0 Å². The molecule has 1 aromatic heterocycles. The number of rotatable bonds is 4. The molecule has 0 aliphatic heterocycles. The first-order valence-electron chi connectivity index (χ1n) is 8.16. The summed E-state index contributed by atoms with van der Waals surface area (Å²) < 4.78 is 7.64. The summed E-state index contributed by atoms with van der Waals surface area (Å²) in [5.74, 6) is 3.51. The van der Waals surface area contributed by atoms with Crippen molar-refractivity contribution in [1.29, 1.82) is 0 Å². The van der Waals surface area contributed by atoms with Crippen molar-refractivity contribution >= 4 is 0 Å². The maximum Gasteiger partial charge on any atom is 0.143 e. The van der Waals surface area contributed by atoms with Gasteiger partial charge in [0, 0.05) is 7.05 Å². The van der Waals surface area contributed by atoms with Crippen LogP contribution in [0.25, 0.3) is 0 Å². The third-order valence-electron chi connectivity index (χ3n) is 5.30. The summed E-state index contributed by atoms with van der Waals surface area (Å²) in [7, 11) is 3.80. The summed E-state index contributed by atoms with van der Waals surface area (Å²) in [5.41, 5.74) is 2.78. The predicted molar refractivity (Wildman–Crippen MR) is 85.2 cm³/mol. The number of ether oxygens (including phenoxy) is 1. The van der Waals surface area contributed by atoms with E-state index in [2.05, 4.69) is 39.9 Å². The van der Waals surface area contributed by atoms with E-state index in [1.54, 1.807) is 7.11 Å². The van der Waals surface area contributed by atoms with Gasteiger partial charge in [0.1, 0.15) is 17.9 Å². The predicted octanol–water partition coefficient (Wildman–Crippen LogP) is 3.42. The van der Waals surface area contributed by atoms with Crippen molar-refractivity contribution in [2.24, 2.45) is 13.0 Å². The molecule has 0 bridgehead atoms. The van der Waals surface area contributed by atoms with Crippen LogP contribution < -0.4 is 4.74 Å². The van der Waals surface area contributed by atoms with Gasteiger partial charge in [0.25, 0.3) is 0 Å². The van der Waals surface area contributed by atoms with E-state index in [1.807, 2.05) is 13.4 Å². The van der Waals surface area contributed by atoms with Gasteiger partial charge in [-0.1, -0.05) is 13.0 Å². The highest BCUT2D eigenvalue weighted by atomic mass is 16.5. The lowest BCUT2D eigenvalue weighted by Crippen LogP contribution is -2.43. The molecule has 0 radical (unpaired) electrons. The Bertz CT molecular complexity index is 696. The van der Waals surface area contributed by atoms with Gasteiger partial charge in [-0.2, -0.15) is 0 Å². The second-order valence-electron chi connectivity index (χ2n) is 7.13. The molecule has 0 unspecified atom stereocenters. The minimum absolute atomic E-state index is 0.00282. The number of hydrogen-bond acceptors (Lipinski definition) is 3. The maximum absolute atomic E-state index is 5.57. The van der Waals surface area contributed by atoms with Crippen molar-refractivity contribution in [2.75, 3.05) is 7.11 Å². The highest BCUT2D eigenvalue weighted by Crippen LogP contribution is 2.53. The molecular formula is C18H23N3O. The molecule has 4 rings (SSSR count). The third-order valence-corrected chi connectivity index (χ3v) is 5.30. The monoisotopic (exact) mass is 297 g/mol. The Hall–Kier alpha value is -1.84. The highest BCUT2D eigenvalue weighted by molar-refractivity contribution is 5.45. The Morgan fingerprint density at radius 1 is 1.23 bits per heavy atom. The van der Waals surface area contributed by atoms with E-state index in [0.717, 1.165) is 36.3 Å². The van der Waals surface area contributed by atoms with Crippen LogP contribution in [0.3, 0.4) is 0 Å². The zero-order valence-electron chi connectivity index (χ0n) is 13.5. The summed E-state index contributed by atoms with van der Waals surface area (Å²) in [6, 6.07) is 6.79. The van der Waals surface area contributed by atoms with Gasteiger partial charge in [-0.15, -0.1) is 10.2 Å². The molecule has 1 heterocycles. The zero-order chi connectivity index (χ0) is 15.3. The minimum atomic E-state index is 0.00282. The van der Waals surface area contributed by atoms with Crippen molar-refractivity contribution in [3.05, 3.63) is 41.5 Å². The average molecular weight is 297 g/mol. The van der Waals surface area contributed by atoms with Gasteiger partial charge in [0.05, 0.1) is 12.5 Å². The SMILES string of the molecule is COc1cc(C2CC2)cc(C2(c3nncn3C)CC(C)C2)c1. The molecule has 4 nitrogen and oxygen atoms in total. The lowest BCUT2D eigenvalue weighted by molar-refractivity contribution is 0.184. The van der Waals surface area contributed by atoms with E-state index in [-0.39, 0.29) is 5.41 Å². The summed E-state index contributed by atoms with van der Waals surface area (Å²) >= 11 is 0. The van der Waals surface area contributed by atoms with Gasteiger partial charge < -0.3 is 9.30 Å². The van der Waals surface area contributed by atoms with Gasteiger partial charge in [0.15, 0.2) is 0 Å². The molecule has 2 aliphatic rings. The van der Waals surface area contributed by atoms with Crippen LogP contribution in [-0.2, 0) is 12.5 Å². The summed E-state index contributed by atoms with van der Waals surface area (Å²) in [6.07, 6.45) is 6.69. The number of methoxy groups -OCH3 is 1. The number of aryl methyl sites for hydroxylation is 1. The van der Waals surface area contributed by atoms with Crippen LogP contribution >= 0.6 is 0 Å². The van der Waals surface area contributed by atoms with Crippen LogP contribution in [0.4, 0.5) is 0 Å². The molecule has 0 spiro atoms. The van der Waals surface area contributed by atoms with Gasteiger partial charge in [-0.25, -0.2) is 0 Å². The molecular weight excluding hydrogens is 274 g/mol. The van der Waals surface area contributed by atoms with Crippen LogP contribution in [-0.4, -0.2) is 21.9 Å². The van der Waals surface area contributed by atoms with Gasteiger partial charge in [0.2, 0.25) is 0 Å². The summed E-state index contributed by atoms with van der Waals surface area (Å²) in [4.78, 5) is 0. The molecule has 2 saturated carbocycles. The van der Waals surface area contributed by atoms with Crippen LogP contribution in [0.1, 0.15) is 55.5 Å². The molecule has 2 aliphatic carbocycles. The Morgan fingerprint density at radius 3 is 2.55 bits per heavy atom. The first kappa shape index (κ1) is 13.8. The van der Waals surface area contributed by atoms with Gasteiger partial charge in [-0.3, -0.25) is 0 Å². The molecule has 116 valence electrons. The molecule has 0 amide bonds. The molecule has 0 saturated heterocycles. The van der Waals surface area contributed by atoms with Crippen LogP contribution in [0.5, 0.6) is 5.75 Å². The molecule has 1 aromatic carbocycles. The van der Waals surface area contributed by atoms with E-state index in [4.69, 9.17) is 4.74 Å². The summed E-state index contributed by atoms with van der Waals surface area (Å²) in [5, 5.41) is 8.55. The zero-order valence-corrected chi connectivity index (χ0v) is 13.5. The number of nitrogens with zero attached hydrogens (tertiary/aromatic N) is 3. The summed E-state index contributed by atoms with van der Waals surface area (Å²) in [6.45, 7) is 2.32. The topological polar surface area (TPSA) is 39.9 Å². The second-order valence-corrected chi connectivity index (χ2v) is 7.13. The normalized spacial score (nSPS) is 27.5. The van der Waals surface area contributed by atoms with E-state index in [0.29, 0.717) is 0 Å². The Labute approximate surface area is 131 Å². The Morgan fingerprint density at radius 2 is 2.00 bits per heavy atom. The van der Waals surface area contributed by atoms with E-state index >= 15 is 0 Å². The van der Waals surface area contributed by atoms with E-state index in [1.165, 1.54) is 24.0 Å². The van der Waals surface area contributed by atoms with E-state index < -0.39 is 0 Å². The maximum atomic E-state index is 5.57. The minimum Gasteiger partial charge on any atom is -0.497 e. The highest BCUT2D eigenvalue weighted by Gasteiger charge is 2.48. The quantitative estimate of drug-likeness (QED) is 0.868.